The van der Waals surface area contributed by atoms with E-state index in [1.807, 2.05) is 12.1 Å². The molecule has 1 heterocycles. The minimum atomic E-state index is 0.0809. The van der Waals surface area contributed by atoms with Crippen LogP contribution in [0, 0.1) is 0 Å². The summed E-state index contributed by atoms with van der Waals surface area (Å²) in [7, 11) is 0. The Morgan fingerprint density at radius 1 is 1.41 bits per heavy atom. The van der Waals surface area contributed by atoms with Gasteiger partial charge in [-0.1, -0.05) is 19.1 Å². The van der Waals surface area contributed by atoms with Gasteiger partial charge in [0.1, 0.15) is 5.75 Å². The third-order valence-electron chi connectivity index (χ3n) is 3.12. The highest BCUT2D eigenvalue weighted by Crippen LogP contribution is 2.27. The molecule has 1 aromatic carbocycles. The van der Waals surface area contributed by atoms with Crippen LogP contribution in [0.5, 0.6) is 5.75 Å². The third kappa shape index (κ3) is 3.20. The van der Waals surface area contributed by atoms with E-state index in [1.54, 1.807) is 12.1 Å². The summed E-state index contributed by atoms with van der Waals surface area (Å²) >= 11 is 0. The topological polar surface area (TPSA) is 32.7 Å². The first kappa shape index (κ1) is 12.4. The van der Waals surface area contributed by atoms with Gasteiger partial charge < -0.3 is 9.84 Å². The van der Waals surface area contributed by atoms with Crippen molar-refractivity contribution in [1.29, 1.82) is 0 Å². The summed E-state index contributed by atoms with van der Waals surface area (Å²) in [6.45, 7) is 7.34. The zero-order valence-corrected chi connectivity index (χ0v) is 10.6. The molecule has 0 bridgehead atoms. The molecule has 3 heteroatoms. The van der Waals surface area contributed by atoms with Crippen molar-refractivity contribution in [2.45, 2.75) is 32.5 Å². The van der Waals surface area contributed by atoms with Gasteiger partial charge in [0.2, 0.25) is 0 Å². The zero-order valence-electron chi connectivity index (χ0n) is 10.6. The van der Waals surface area contributed by atoms with Crippen molar-refractivity contribution in [3.05, 3.63) is 29.8 Å². The van der Waals surface area contributed by atoms with E-state index in [9.17, 15) is 5.11 Å². The monoisotopic (exact) mass is 235 g/mol. The van der Waals surface area contributed by atoms with Crippen LogP contribution < -0.4 is 0 Å². The van der Waals surface area contributed by atoms with Crippen LogP contribution >= 0.6 is 0 Å². The molecule has 0 amide bonds. The van der Waals surface area contributed by atoms with E-state index in [4.69, 9.17) is 4.74 Å². The molecule has 1 fully saturated rings. The first-order chi connectivity index (χ1) is 8.19. The molecule has 2 atom stereocenters. The number of benzene rings is 1. The second-order valence-electron chi connectivity index (χ2n) is 4.79. The Morgan fingerprint density at radius 2 is 2.24 bits per heavy atom. The van der Waals surface area contributed by atoms with Crippen molar-refractivity contribution in [2.24, 2.45) is 0 Å². The van der Waals surface area contributed by atoms with Gasteiger partial charge in [0.25, 0.3) is 0 Å². The lowest BCUT2D eigenvalue weighted by Gasteiger charge is -2.36. The number of rotatable bonds is 3. The average Bonchev–Trinajstić information content (AvgIpc) is 2.28. The van der Waals surface area contributed by atoms with Crippen LogP contribution in [-0.4, -0.2) is 35.7 Å². The molecule has 94 valence electrons. The molecule has 0 saturated carbocycles. The standard InChI is InChI=1S/C14H21NO2/c1-3-7-15-9-11(2)17-14(10-15)12-5-4-6-13(16)8-12/h4-6,8,11,14,16H,3,7,9-10H2,1-2H3. The van der Waals surface area contributed by atoms with Gasteiger partial charge >= 0.3 is 0 Å². The molecule has 2 unspecified atom stereocenters. The van der Waals surface area contributed by atoms with E-state index in [1.165, 1.54) is 6.42 Å². The van der Waals surface area contributed by atoms with Crippen molar-refractivity contribution < 1.29 is 9.84 Å². The molecule has 1 saturated heterocycles. The van der Waals surface area contributed by atoms with Crippen molar-refractivity contribution in [3.8, 4) is 5.75 Å². The van der Waals surface area contributed by atoms with Crippen LogP contribution in [0.2, 0.25) is 0 Å². The fourth-order valence-corrected chi connectivity index (χ4v) is 2.45. The summed E-state index contributed by atoms with van der Waals surface area (Å²) in [5.41, 5.74) is 1.07. The van der Waals surface area contributed by atoms with Crippen molar-refractivity contribution in [2.75, 3.05) is 19.6 Å². The summed E-state index contributed by atoms with van der Waals surface area (Å²) in [5.74, 6) is 0.311. The quantitative estimate of drug-likeness (QED) is 0.874. The molecule has 1 aliphatic rings. The van der Waals surface area contributed by atoms with Crippen LogP contribution in [0.4, 0.5) is 0 Å². The van der Waals surface area contributed by atoms with Gasteiger partial charge in [-0.2, -0.15) is 0 Å². The lowest BCUT2D eigenvalue weighted by molar-refractivity contribution is -0.0788. The van der Waals surface area contributed by atoms with Gasteiger partial charge in [-0.05, 0) is 37.6 Å². The van der Waals surface area contributed by atoms with E-state index in [0.29, 0.717) is 5.75 Å². The molecule has 0 spiro atoms. The number of nitrogens with zero attached hydrogens (tertiary/aromatic N) is 1. The normalized spacial score (nSPS) is 26.0. The fourth-order valence-electron chi connectivity index (χ4n) is 2.45. The molecule has 0 radical (unpaired) electrons. The Bertz CT molecular complexity index is 367. The Kier molecular flexibility index (Phi) is 4.02. The molecule has 1 N–H and O–H groups in total. The van der Waals surface area contributed by atoms with Gasteiger partial charge in [-0.25, -0.2) is 0 Å². The Morgan fingerprint density at radius 3 is 2.94 bits per heavy atom. The SMILES string of the molecule is CCCN1CC(C)OC(c2cccc(O)c2)C1. The van der Waals surface area contributed by atoms with Crippen molar-refractivity contribution >= 4 is 0 Å². The molecule has 0 aromatic heterocycles. The summed E-state index contributed by atoms with van der Waals surface area (Å²) < 4.78 is 5.95. The number of hydrogen-bond donors (Lipinski definition) is 1. The van der Waals surface area contributed by atoms with Gasteiger partial charge in [-0.15, -0.1) is 0 Å². The predicted molar refractivity (Wildman–Crippen MR) is 68.1 cm³/mol. The number of aromatic hydroxyl groups is 1. The molecule has 3 nitrogen and oxygen atoms in total. The van der Waals surface area contributed by atoms with Crippen LogP contribution in [-0.2, 0) is 4.74 Å². The van der Waals surface area contributed by atoms with E-state index in [-0.39, 0.29) is 12.2 Å². The number of phenols is 1. The third-order valence-corrected chi connectivity index (χ3v) is 3.12. The number of hydrogen-bond acceptors (Lipinski definition) is 3. The van der Waals surface area contributed by atoms with Crippen LogP contribution in [0.15, 0.2) is 24.3 Å². The number of morpholine rings is 1. The molecular weight excluding hydrogens is 214 g/mol. The highest BCUT2D eigenvalue weighted by Gasteiger charge is 2.25. The van der Waals surface area contributed by atoms with Gasteiger partial charge in [0.15, 0.2) is 0 Å². The van der Waals surface area contributed by atoms with Crippen LogP contribution in [0.3, 0.4) is 0 Å². The van der Waals surface area contributed by atoms with Gasteiger partial charge in [0, 0.05) is 13.1 Å². The van der Waals surface area contributed by atoms with Crippen molar-refractivity contribution in [1.82, 2.24) is 4.90 Å². The highest BCUT2D eigenvalue weighted by atomic mass is 16.5. The maximum absolute atomic E-state index is 9.51. The maximum atomic E-state index is 9.51. The highest BCUT2D eigenvalue weighted by molar-refractivity contribution is 5.29. The predicted octanol–water partition coefficient (Wildman–Crippen LogP) is 2.56. The summed E-state index contributed by atoms with van der Waals surface area (Å²) in [6, 6.07) is 7.39. The maximum Gasteiger partial charge on any atom is 0.115 e. The summed E-state index contributed by atoms with van der Waals surface area (Å²) in [6.07, 6.45) is 1.50. The first-order valence-corrected chi connectivity index (χ1v) is 6.35. The van der Waals surface area contributed by atoms with E-state index in [2.05, 4.69) is 18.7 Å². The lowest BCUT2D eigenvalue weighted by atomic mass is 10.1. The largest absolute Gasteiger partial charge is 0.508 e. The van der Waals surface area contributed by atoms with Gasteiger partial charge in [0.05, 0.1) is 12.2 Å². The minimum Gasteiger partial charge on any atom is -0.508 e. The molecular formula is C14H21NO2. The van der Waals surface area contributed by atoms with Crippen LogP contribution in [0.1, 0.15) is 31.9 Å². The van der Waals surface area contributed by atoms with Crippen molar-refractivity contribution in [3.63, 3.8) is 0 Å². The molecule has 1 aliphatic heterocycles. The Balaban J connectivity index is 2.09. The smallest absolute Gasteiger partial charge is 0.115 e. The van der Waals surface area contributed by atoms with E-state index >= 15 is 0 Å². The minimum absolute atomic E-state index is 0.0809. The Labute approximate surface area is 103 Å². The first-order valence-electron chi connectivity index (χ1n) is 6.35. The summed E-state index contributed by atoms with van der Waals surface area (Å²) in [5, 5.41) is 9.51. The number of phenolic OH excluding ortho intramolecular Hbond substituents is 1. The summed E-state index contributed by atoms with van der Waals surface area (Å²) in [4.78, 5) is 2.43. The average molecular weight is 235 g/mol. The van der Waals surface area contributed by atoms with E-state index in [0.717, 1.165) is 25.2 Å². The zero-order chi connectivity index (χ0) is 12.3. The van der Waals surface area contributed by atoms with Crippen LogP contribution in [0.25, 0.3) is 0 Å². The Hall–Kier alpha value is -1.06. The van der Waals surface area contributed by atoms with E-state index < -0.39 is 0 Å². The molecule has 2 rings (SSSR count). The molecule has 0 aliphatic carbocycles. The molecule has 17 heavy (non-hydrogen) atoms. The lowest BCUT2D eigenvalue weighted by Crippen LogP contribution is -2.43. The van der Waals surface area contributed by atoms with Gasteiger partial charge in [-0.3, -0.25) is 4.90 Å². The molecule has 1 aromatic rings. The second kappa shape index (κ2) is 5.52. The number of ether oxygens (including phenoxy) is 1. The second-order valence-corrected chi connectivity index (χ2v) is 4.79. The fraction of sp³-hybridized carbons (Fsp3) is 0.571.